The molecule has 0 bridgehead atoms. The van der Waals surface area contributed by atoms with Gasteiger partial charge in [0.1, 0.15) is 11.3 Å². The van der Waals surface area contributed by atoms with Gasteiger partial charge in [-0.05, 0) is 41.5 Å². The molecule has 5 nitrogen and oxygen atoms in total. The Kier molecular flexibility index (Phi) is 5.69. The molecule has 2 aromatic carbocycles. The van der Waals surface area contributed by atoms with Crippen molar-refractivity contribution in [3.05, 3.63) is 77.5 Å². The Morgan fingerprint density at radius 3 is 2.58 bits per heavy atom. The van der Waals surface area contributed by atoms with Gasteiger partial charge < -0.3 is 10.1 Å². The third-order valence-corrected chi connectivity index (χ3v) is 5.64. The predicted molar refractivity (Wildman–Crippen MR) is 112 cm³/mol. The van der Waals surface area contributed by atoms with Gasteiger partial charge in [-0.25, -0.2) is 9.97 Å². The number of benzene rings is 2. The van der Waals surface area contributed by atoms with Crippen molar-refractivity contribution < 1.29 is 23.1 Å². The van der Waals surface area contributed by atoms with Crippen molar-refractivity contribution in [2.75, 3.05) is 0 Å². The van der Waals surface area contributed by atoms with Crippen LogP contribution in [-0.2, 0) is 23.1 Å². The second-order valence-corrected chi connectivity index (χ2v) is 7.88. The molecule has 0 aliphatic carbocycles. The number of carbonyl (C=O) groups is 1. The minimum Gasteiger partial charge on any atom is -0.481 e. The van der Waals surface area contributed by atoms with Crippen LogP contribution in [0.2, 0.25) is 0 Å². The van der Waals surface area contributed by atoms with E-state index in [0.29, 0.717) is 28.3 Å². The molecule has 0 fully saturated rings. The van der Waals surface area contributed by atoms with Crippen molar-refractivity contribution in [2.24, 2.45) is 0 Å². The predicted octanol–water partition coefficient (Wildman–Crippen LogP) is 5.56. The first-order chi connectivity index (χ1) is 14.8. The lowest BCUT2D eigenvalue weighted by atomic mass is 10.1. The van der Waals surface area contributed by atoms with E-state index in [9.17, 15) is 18.0 Å². The normalized spacial score (nSPS) is 11.7. The van der Waals surface area contributed by atoms with E-state index >= 15 is 0 Å². The molecule has 2 aromatic heterocycles. The third kappa shape index (κ3) is 4.88. The molecule has 0 aliphatic rings. The smallest absolute Gasteiger partial charge is 0.416 e. The number of aromatic amines is 1. The van der Waals surface area contributed by atoms with Crippen molar-refractivity contribution in [3.63, 3.8) is 0 Å². The minimum absolute atomic E-state index is 0.0379. The average molecular weight is 443 g/mol. The number of halogens is 3. The van der Waals surface area contributed by atoms with E-state index in [-0.39, 0.29) is 6.42 Å². The maximum atomic E-state index is 12.8. The Morgan fingerprint density at radius 1 is 1.10 bits per heavy atom. The molecule has 0 aliphatic heterocycles. The van der Waals surface area contributed by atoms with Crippen LogP contribution in [0.15, 0.2) is 65.7 Å². The van der Waals surface area contributed by atoms with Gasteiger partial charge in [-0.3, -0.25) is 4.79 Å². The van der Waals surface area contributed by atoms with Gasteiger partial charge in [-0.2, -0.15) is 13.2 Å². The Balaban J connectivity index is 1.56. The van der Waals surface area contributed by atoms with Crippen LogP contribution in [0.5, 0.6) is 0 Å². The van der Waals surface area contributed by atoms with Gasteiger partial charge in [-0.1, -0.05) is 24.3 Å². The highest BCUT2D eigenvalue weighted by atomic mass is 32.2. The molecular weight excluding hydrogens is 427 g/mol. The molecule has 2 N–H and O–H groups in total. The molecule has 4 aromatic rings. The number of nitrogens with zero attached hydrogens (tertiary/aromatic N) is 2. The maximum absolute atomic E-state index is 12.8. The zero-order chi connectivity index (χ0) is 22.0. The van der Waals surface area contributed by atoms with Gasteiger partial charge in [0.15, 0.2) is 5.65 Å². The van der Waals surface area contributed by atoms with Gasteiger partial charge in [0, 0.05) is 22.4 Å². The first kappa shape index (κ1) is 20.9. The summed E-state index contributed by atoms with van der Waals surface area (Å²) in [6.45, 7) is 0. The number of thioether (sulfide) groups is 1. The molecule has 9 heteroatoms. The SMILES string of the molecule is O=C(O)Cc1cccc(SCc2ccnc3[nH]c(-c4ccc(C(F)(F)F)cc4)nc23)c1. The summed E-state index contributed by atoms with van der Waals surface area (Å²) in [5.74, 6) is 0.134. The van der Waals surface area contributed by atoms with Crippen LogP contribution in [0.1, 0.15) is 16.7 Å². The Labute approximate surface area is 179 Å². The second-order valence-electron chi connectivity index (χ2n) is 6.83. The number of nitrogens with one attached hydrogen (secondary N) is 1. The number of hydrogen-bond acceptors (Lipinski definition) is 4. The number of carboxylic acids is 1. The zero-order valence-electron chi connectivity index (χ0n) is 16.0. The number of H-pyrrole nitrogens is 1. The third-order valence-electron chi connectivity index (χ3n) is 4.60. The van der Waals surface area contributed by atoms with Crippen molar-refractivity contribution in [3.8, 4) is 11.4 Å². The van der Waals surface area contributed by atoms with Crippen LogP contribution < -0.4 is 0 Å². The van der Waals surface area contributed by atoms with Crippen molar-refractivity contribution in [1.82, 2.24) is 15.0 Å². The standard InChI is InChI=1S/C22H16F3N3O2S/c23-22(24,25)16-6-4-14(5-7-16)20-27-19-15(8-9-26-21(19)28-20)12-31-17-3-1-2-13(10-17)11-18(29)30/h1-10H,11-12H2,(H,29,30)(H,26,27,28). The minimum atomic E-state index is -4.39. The van der Waals surface area contributed by atoms with Crippen molar-refractivity contribution in [1.29, 1.82) is 0 Å². The molecule has 0 spiro atoms. The Bertz CT molecular complexity index is 1240. The van der Waals surface area contributed by atoms with E-state index in [2.05, 4.69) is 15.0 Å². The number of carboxylic acid groups (broad SMARTS) is 1. The topological polar surface area (TPSA) is 78.9 Å². The molecule has 158 valence electrons. The number of alkyl halides is 3. The highest BCUT2D eigenvalue weighted by molar-refractivity contribution is 7.98. The van der Waals surface area contributed by atoms with E-state index in [4.69, 9.17) is 5.11 Å². The summed E-state index contributed by atoms with van der Waals surface area (Å²) in [6, 6.07) is 14.0. The highest BCUT2D eigenvalue weighted by Gasteiger charge is 2.30. The maximum Gasteiger partial charge on any atom is 0.416 e. The molecule has 0 unspecified atom stereocenters. The summed E-state index contributed by atoms with van der Waals surface area (Å²) in [5.41, 5.74) is 2.65. The number of pyridine rings is 1. The molecule has 0 saturated heterocycles. The first-order valence-corrected chi connectivity index (χ1v) is 10.2. The molecular formula is C22H16F3N3O2S. The number of hydrogen-bond donors (Lipinski definition) is 2. The molecule has 4 rings (SSSR count). The zero-order valence-corrected chi connectivity index (χ0v) is 16.8. The van der Waals surface area contributed by atoms with E-state index < -0.39 is 17.7 Å². The largest absolute Gasteiger partial charge is 0.481 e. The van der Waals surface area contributed by atoms with Crippen LogP contribution in [-0.4, -0.2) is 26.0 Å². The quantitative estimate of drug-likeness (QED) is 0.381. The Hall–Kier alpha value is -3.33. The van der Waals surface area contributed by atoms with Gasteiger partial charge in [0.25, 0.3) is 0 Å². The van der Waals surface area contributed by atoms with E-state index in [0.717, 1.165) is 28.2 Å². The summed E-state index contributed by atoms with van der Waals surface area (Å²) in [7, 11) is 0. The average Bonchev–Trinajstić information content (AvgIpc) is 3.16. The second kappa shape index (κ2) is 8.43. The number of rotatable bonds is 6. The van der Waals surface area contributed by atoms with E-state index in [1.54, 1.807) is 12.3 Å². The van der Waals surface area contributed by atoms with Crippen LogP contribution in [0.3, 0.4) is 0 Å². The first-order valence-electron chi connectivity index (χ1n) is 9.24. The lowest BCUT2D eigenvalue weighted by Crippen LogP contribution is -2.04. The fourth-order valence-electron chi connectivity index (χ4n) is 3.11. The fraction of sp³-hybridized carbons (Fsp3) is 0.136. The number of aliphatic carboxylic acids is 1. The van der Waals surface area contributed by atoms with Crippen molar-refractivity contribution >= 4 is 28.9 Å². The molecule has 2 heterocycles. The van der Waals surface area contributed by atoms with Crippen LogP contribution in [0.25, 0.3) is 22.6 Å². The van der Waals surface area contributed by atoms with Gasteiger partial charge in [0.2, 0.25) is 0 Å². The molecule has 0 amide bonds. The summed E-state index contributed by atoms with van der Waals surface area (Å²) in [4.78, 5) is 23.7. The lowest BCUT2D eigenvalue weighted by Gasteiger charge is -2.06. The summed E-state index contributed by atoms with van der Waals surface area (Å²) in [6.07, 6.45) is -2.78. The monoisotopic (exact) mass is 443 g/mol. The van der Waals surface area contributed by atoms with Gasteiger partial charge in [0.05, 0.1) is 12.0 Å². The molecule has 31 heavy (non-hydrogen) atoms. The summed E-state index contributed by atoms with van der Waals surface area (Å²) < 4.78 is 38.4. The number of fused-ring (bicyclic) bond motifs is 1. The highest BCUT2D eigenvalue weighted by Crippen LogP contribution is 2.32. The molecule has 0 saturated carbocycles. The lowest BCUT2D eigenvalue weighted by molar-refractivity contribution is -0.138. The van der Waals surface area contributed by atoms with Crippen LogP contribution in [0.4, 0.5) is 13.2 Å². The number of imidazole rings is 1. The van der Waals surface area contributed by atoms with Crippen LogP contribution in [0, 0.1) is 0 Å². The van der Waals surface area contributed by atoms with Crippen LogP contribution >= 0.6 is 11.8 Å². The fourth-order valence-corrected chi connectivity index (χ4v) is 4.08. The Morgan fingerprint density at radius 2 is 1.87 bits per heavy atom. The van der Waals surface area contributed by atoms with E-state index in [1.165, 1.54) is 23.9 Å². The molecule has 0 radical (unpaired) electrons. The van der Waals surface area contributed by atoms with Gasteiger partial charge in [-0.15, -0.1) is 11.8 Å². The summed E-state index contributed by atoms with van der Waals surface area (Å²) in [5, 5.41) is 8.95. The number of aromatic nitrogens is 3. The van der Waals surface area contributed by atoms with E-state index in [1.807, 2.05) is 24.3 Å². The molecule has 0 atom stereocenters. The van der Waals surface area contributed by atoms with Gasteiger partial charge >= 0.3 is 12.1 Å². The summed E-state index contributed by atoms with van der Waals surface area (Å²) >= 11 is 1.54. The van der Waals surface area contributed by atoms with Crippen molar-refractivity contribution in [2.45, 2.75) is 23.2 Å².